The molecule has 1 saturated carbocycles. The van der Waals surface area contributed by atoms with Crippen LogP contribution in [-0.4, -0.2) is 74.9 Å². The summed E-state index contributed by atoms with van der Waals surface area (Å²) in [5.74, 6) is 1.01. The normalized spacial score (nSPS) is 29.4. The highest BCUT2D eigenvalue weighted by Gasteiger charge is 2.54. The molecule has 8 nitrogen and oxygen atoms in total. The number of phenols is 1. The number of benzene rings is 2. The highest BCUT2D eigenvalue weighted by molar-refractivity contribution is 6.01. The molecule has 5 unspecified atom stereocenters. The first-order valence-electron chi connectivity index (χ1n) is 17.0. The van der Waals surface area contributed by atoms with Gasteiger partial charge in [-0.3, -0.25) is 9.88 Å². The third kappa shape index (κ3) is 4.48. The highest BCUT2D eigenvalue weighted by Crippen LogP contribution is 2.50. The van der Waals surface area contributed by atoms with Gasteiger partial charge in [0.15, 0.2) is 5.82 Å². The first-order chi connectivity index (χ1) is 22.0. The number of phenolic OH excluding ortho intramolecular Hbond substituents is 1. The molecule has 4 saturated heterocycles. The lowest BCUT2D eigenvalue weighted by molar-refractivity contribution is 0.0777. The number of hydrogen-bond donors (Lipinski definition) is 2. The van der Waals surface area contributed by atoms with Crippen molar-refractivity contribution in [2.45, 2.75) is 88.4 Å². The van der Waals surface area contributed by atoms with E-state index in [0.29, 0.717) is 41.5 Å². The van der Waals surface area contributed by atoms with Gasteiger partial charge in [-0.2, -0.15) is 9.97 Å². The van der Waals surface area contributed by atoms with Crippen molar-refractivity contribution in [1.29, 1.82) is 0 Å². The Morgan fingerprint density at radius 1 is 1.07 bits per heavy atom. The summed E-state index contributed by atoms with van der Waals surface area (Å²) in [6, 6.07) is 10.9. The quantitative estimate of drug-likeness (QED) is 0.281. The van der Waals surface area contributed by atoms with Crippen molar-refractivity contribution in [2.75, 3.05) is 31.1 Å². The maximum absolute atomic E-state index is 16.9. The zero-order chi connectivity index (χ0) is 30.3. The fourth-order valence-corrected chi connectivity index (χ4v) is 9.71. The number of piperazine rings is 1. The van der Waals surface area contributed by atoms with Gasteiger partial charge >= 0.3 is 6.01 Å². The zero-order valence-electron chi connectivity index (χ0n) is 25.9. The van der Waals surface area contributed by atoms with Gasteiger partial charge < -0.3 is 20.1 Å². The molecular formula is C36H41FN6O2. The van der Waals surface area contributed by atoms with Crippen molar-refractivity contribution in [3.63, 3.8) is 0 Å². The van der Waals surface area contributed by atoms with Crippen LogP contribution in [0.25, 0.3) is 32.9 Å². The Labute approximate surface area is 263 Å². The SMILES string of the molecule is Cc1cccc2cc(O)cc(-c3ncc4c(N5CC6CCC(C5)N6)nc(OCC56CCCN5C5CCCCC5C6)nc4c3F)c12. The Hall–Kier alpha value is -3.56. The monoisotopic (exact) mass is 608 g/mol. The molecule has 4 aromatic rings. The first-order valence-corrected chi connectivity index (χ1v) is 17.0. The molecule has 5 atom stereocenters. The molecule has 6 heterocycles. The average Bonchev–Trinajstić information content (AvgIpc) is 3.70. The van der Waals surface area contributed by atoms with Crippen LogP contribution in [0.5, 0.6) is 11.8 Å². The summed E-state index contributed by atoms with van der Waals surface area (Å²) in [6.07, 6.45) is 12.7. The van der Waals surface area contributed by atoms with Crippen LogP contribution in [0.2, 0.25) is 0 Å². The number of nitrogens with zero attached hydrogens (tertiary/aromatic N) is 5. The number of aryl methyl sites for hydroxylation is 1. The molecular weight excluding hydrogens is 567 g/mol. The number of pyridine rings is 1. The molecule has 9 rings (SSSR count). The van der Waals surface area contributed by atoms with Crippen molar-refractivity contribution >= 4 is 27.5 Å². The molecule has 0 radical (unpaired) electrons. The van der Waals surface area contributed by atoms with Crippen molar-refractivity contribution in [3.8, 4) is 23.0 Å². The second-order valence-corrected chi connectivity index (χ2v) is 14.3. The predicted octanol–water partition coefficient (Wildman–Crippen LogP) is 6.11. The largest absolute Gasteiger partial charge is 0.508 e. The molecule has 9 heteroatoms. The summed E-state index contributed by atoms with van der Waals surface area (Å²) in [7, 11) is 0. The number of fused-ring (bicyclic) bond motifs is 7. The molecule has 5 aliphatic rings. The van der Waals surface area contributed by atoms with Gasteiger partial charge in [0.1, 0.15) is 29.4 Å². The summed E-state index contributed by atoms with van der Waals surface area (Å²) >= 11 is 0. The summed E-state index contributed by atoms with van der Waals surface area (Å²) < 4.78 is 23.5. The average molecular weight is 609 g/mol. The lowest BCUT2D eigenvalue weighted by Gasteiger charge is -2.36. The highest BCUT2D eigenvalue weighted by atomic mass is 19.1. The van der Waals surface area contributed by atoms with E-state index in [-0.39, 0.29) is 28.5 Å². The molecule has 0 amide bonds. The standard InChI is InChI=1S/C36H41FN6O2/c1-21-6-4-8-22-14-26(44)15-27(30(21)22)32-31(37)33-28(17-38-32)34(42-18-24-10-11-25(19-42)39-24)41-35(40-33)45-20-36-12-5-13-43(36)29-9-3-2-7-23(29)16-36/h4,6,8,14-15,17,23-25,29,39,44H,2-3,5,7,9-13,16,18-20H2,1H3. The topological polar surface area (TPSA) is 86.6 Å². The second kappa shape index (κ2) is 10.5. The van der Waals surface area contributed by atoms with Crippen molar-refractivity contribution in [1.82, 2.24) is 25.2 Å². The van der Waals surface area contributed by atoms with Gasteiger partial charge in [0.05, 0.1) is 10.9 Å². The molecule has 2 bridgehead atoms. The third-order valence-electron chi connectivity index (χ3n) is 11.6. The lowest BCUT2D eigenvalue weighted by atomic mass is 9.82. The molecule has 45 heavy (non-hydrogen) atoms. The number of aromatic hydroxyl groups is 1. The number of halogens is 1. The Morgan fingerprint density at radius 2 is 1.91 bits per heavy atom. The lowest BCUT2D eigenvalue weighted by Crippen LogP contribution is -2.51. The summed E-state index contributed by atoms with van der Waals surface area (Å²) in [5.41, 5.74) is 1.96. The third-order valence-corrected chi connectivity index (χ3v) is 11.6. The number of anilines is 1. The summed E-state index contributed by atoms with van der Waals surface area (Å²) in [4.78, 5) is 19.5. The van der Waals surface area contributed by atoms with Crippen LogP contribution >= 0.6 is 0 Å². The van der Waals surface area contributed by atoms with Crippen LogP contribution in [0, 0.1) is 18.7 Å². The number of rotatable bonds is 5. The fourth-order valence-electron chi connectivity index (χ4n) is 9.71. The van der Waals surface area contributed by atoms with E-state index < -0.39 is 5.82 Å². The Balaban J connectivity index is 1.15. The van der Waals surface area contributed by atoms with Crippen LogP contribution in [0.4, 0.5) is 10.2 Å². The van der Waals surface area contributed by atoms with Crippen molar-refractivity contribution < 1.29 is 14.2 Å². The summed E-state index contributed by atoms with van der Waals surface area (Å²) in [5, 5.41) is 16.6. The molecule has 2 aromatic carbocycles. The first kappa shape index (κ1) is 27.7. The van der Waals surface area contributed by atoms with Gasteiger partial charge in [-0.15, -0.1) is 0 Å². The van der Waals surface area contributed by atoms with Crippen LogP contribution < -0.4 is 15.0 Å². The van der Waals surface area contributed by atoms with Gasteiger partial charge in [0, 0.05) is 43.0 Å². The van der Waals surface area contributed by atoms with E-state index in [1.54, 1.807) is 18.3 Å². The van der Waals surface area contributed by atoms with E-state index in [4.69, 9.17) is 14.7 Å². The number of aromatic nitrogens is 3. The number of ether oxygens (including phenoxy) is 1. The van der Waals surface area contributed by atoms with Crippen molar-refractivity contribution in [2.24, 2.45) is 5.92 Å². The summed E-state index contributed by atoms with van der Waals surface area (Å²) in [6.45, 7) is 5.29. The maximum atomic E-state index is 16.9. The smallest absolute Gasteiger partial charge is 0.319 e. The minimum atomic E-state index is -0.512. The van der Waals surface area contributed by atoms with Crippen LogP contribution in [-0.2, 0) is 0 Å². The van der Waals surface area contributed by atoms with Crippen LogP contribution in [0.3, 0.4) is 0 Å². The van der Waals surface area contributed by atoms with Gasteiger partial charge in [-0.05, 0) is 92.8 Å². The van der Waals surface area contributed by atoms with Crippen LogP contribution in [0.15, 0.2) is 36.5 Å². The Morgan fingerprint density at radius 3 is 2.78 bits per heavy atom. The van der Waals surface area contributed by atoms with Gasteiger partial charge in [0.25, 0.3) is 0 Å². The number of nitrogens with one attached hydrogen (secondary N) is 1. The van der Waals surface area contributed by atoms with E-state index in [0.717, 1.165) is 61.2 Å². The molecule has 2 N–H and O–H groups in total. The van der Waals surface area contributed by atoms with Crippen molar-refractivity contribution in [3.05, 3.63) is 47.9 Å². The van der Waals surface area contributed by atoms with Gasteiger partial charge in [-0.25, -0.2) is 4.39 Å². The Kier molecular flexibility index (Phi) is 6.46. The zero-order valence-corrected chi connectivity index (χ0v) is 25.9. The fraction of sp³-hybridized carbons (Fsp3) is 0.528. The molecule has 5 fully saturated rings. The van der Waals surface area contributed by atoms with Gasteiger partial charge in [-0.1, -0.05) is 31.0 Å². The van der Waals surface area contributed by atoms with E-state index in [1.165, 1.54) is 38.5 Å². The van der Waals surface area contributed by atoms with E-state index in [9.17, 15) is 5.11 Å². The second-order valence-electron chi connectivity index (χ2n) is 14.3. The molecule has 0 spiro atoms. The molecule has 1 aliphatic carbocycles. The predicted molar refractivity (Wildman–Crippen MR) is 173 cm³/mol. The number of hydrogen-bond acceptors (Lipinski definition) is 8. The molecule has 2 aromatic heterocycles. The molecule has 234 valence electrons. The maximum Gasteiger partial charge on any atom is 0.319 e. The van der Waals surface area contributed by atoms with E-state index in [2.05, 4.69) is 20.1 Å². The van der Waals surface area contributed by atoms with Gasteiger partial charge in [0.2, 0.25) is 0 Å². The van der Waals surface area contributed by atoms with Crippen LogP contribution in [0.1, 0.15) is 63.4 Å². The molecule has 4 aliphatic heterocycles. The minimum absolute atomic E-state index is 0.0201. The van der Waals surface area contributed by atoms with E-state index >= 15 is 4.39 Å². The minimum Gasteiger partial charge on any atom is -0.508 e. The van der Waals surface area contributed by atoms with E-state index in [1.807, 2.05) is 25.1 Å². The Bertz CT molecular complexity index is 1800.